The van der Waals surface area contributed by atoms with Crippen molar-refractivity contribution in [3.8, 4) is 5.75 Å². The maximum atomic E-state index is 12.7. The molecule has 13 heteroatoms. The monoisotopic (exact) mass is 488 g/mol. The molecule has 2 amide bonds. The molecule has 0 spiro atoms. The number of nitrogens with zero attached hydrogens (tertiary/aromatic N) is 2. The largest absolute Gasteiger partial charge is 0.480 e. The van der Waals surface area contributed by atoms with Crippen molar-refractivity contribution in [3.63, 3.8) is 0 Å². The number of halogens is 1. The van der Waals surface area contributed by atoms with E-state index in [2.05, 4.69) is 26.2 Å². The van der Waals surface area contributed by atoms with Gasteiger partial charge in [-0.1, -0.05) is 23.5 Å². The number of nitrogens with one attached hydrogen (secondary N) is 2. The second-order valence-corrected chi connectivity index (χ2v) is 9.53. The number of anilines is 1. The van der Waals surface area contributed by atoms with Crippen molar-refractivity contribution < 1.29 is 27.9 Å². The van der Waals surface area contributed by atoms with Gasteiger partial charge in [-0.15, -0.1) is 0 Å². The van der Waals surface area contributed by atoms with E-state index in [1.54, 1.807) is 7.05 Å². The molecule has 0 atom stereocenters. The predicted molar refractivity (Wildman–Crippen MR) is 105 cm³/mol. The molecule has 0 aliphatic rings. The number of aryl methyl sites for hydroxylation is 1. The third-order valence-corrected chi connectivity index (χ3v) is 6.24. The van der Waals surface area contributed by atoms with Gasteiger partial charge < -0.3 is 14.4 Å². The number of ether oxygens (including phenoxy) is 1. The lowest BCUT2D eigenvalue weighted by Crippen LogP contribution is -2.34. The number of thiazole rings is 1. The number of hydrogen-bond acceptors (Lipinski definition) is 7. The second-order valence-electron chi connectivity index (χ2n) is 5.47. The number of aliphatic carboxylic acids is 1. The third kappa shape index (κ3) is 4.26. The molecule has 3 rings (SSSR count). The topological polar surface area (TPSA) is 140 Å². The van der Waals surface area contributed by atoms with Crippen molar-refractivity contribution in [1.29, 1.82) is 0 Å². The molecule has 3 aromatic rings. The molecule has 1 aromatic carbocycles. The van der Waals surface area contributed by atoms with Crippen LogP contribution in [0.3, 0.4) is 0 Å². The van der Waals surface area contributed by atoms with Crippen LogP contribution < -0.4 is 14.8 Å². The van der Waals surface area contributed by atoms with Crippen LogP contribution in [0, 0.1) is 0 Å². The summed E-state index contributed by atoms with van der Waals surface area (Å²) in [5, 5.41) is 11.6. The molecule has 2 aromatic heterocycles. The van der Waals surface area contributed by atoms with Crippen LogP contribution in [0.25, 0.3) is 10.9 Å². The average molecular weight is 489 g/mol. The number of sulfonamides is 1. The van der Waals surface area contributed by atoms with Gasteiger partial charge in [-0.25, -0.2) is 27.7 Å². The highest BCUT2D eigenvalue weighted by Gasteiger charge is 2.24. The molecule has 0 aliphatic heterocycles. The average Bonchev–Trinajstić information content (AvgIpc) is 3.16. The van der Waals surface area contributed by atoms with Crippen molar-refractivity contribution in [1.82, 2.24) is 14.3 Å². The van der Waals surface area contributed by atoms with Gasteiger partial charge in [0.15, 0.2) is 11.7 Å². The number of amides is 2. The molecule has 0 saturated carbocycles. The minimum Gasteiger partial charge on any atom is -0.480 e. The molecule has 28 heavy (non-hydrogen) atoms. The second kappa shape index (κ2) is 7.77. The lowest BCUT2D eigenvalue weighted by atomic mass is 10.2. The normalized spacial score (nSPS) is 11.4. The van der Waals surface area contributed by atoms with Gasteiger partial charge in [-0.05, 0) is 22.0 Å². The zero-order chi connectivity index (χ0) is 20.5. The molecule has 0 radical (unpaired) electrons. The van der Waals surface area contributed by atoms with Crippen LogP contribution in [0.5, 0.6) is 5.75 Å². The van der Waals surface area contributed by atoms with E-state index in [1.807, 2.05) is 4.72 Å². The van der Waals surface area contributed by atoms with Gasteiger partial charge in [0.05, 0.1) is 15.5 Å². The molecule has 0 unspecified atom stereocenters. The summed E-state index contributed by atoms with van der Waals surface area (Å²) in [4.78, 5) is 26.5. The van der Waals surface area contributed by atoms with Gasteiger partial charge in [0.1, 0.15) is 10.6 Å². The molecule has 0 aliphatic carbocycles. The Labute approximate surface area is 171 Å². The fourth-order valence-electron chi connectivity index (χ4n) is 2.48. The van der Waals surface area contributed by atoms with E-state index in [-0.39, 0.29) is 21.2 Å². The quantitative estimate of drug-likeness (QED) is 0.483. The first-order valence-electron chi connectivity index (χ1n) is 7.55. The van der Waals surface area contributed by atoms with Crippen LogP contribution in [-0.4, -0.2) is 41.7 Å². The number of para-hydroxylation sites is 1. The van der Waals surface area contributed by atoms with E-state index in [4.69, 9.17) is 9.84 Å². The zero-order valence-corrected chi connectivity index (χ0v) is 17.4. The summed E-state index contributed by atoms with van der Waals surface area (Å²) in [6, 6.07) is 3.64. The standard InChI is InChI=1S/C15H13BrN4O6S2/c1-20-6-10(8-3-2-4-9(13(8)20)26-7-12(21)22)28(24,25)19-14(23)18-15-17-5-11(16)27-15/h2-6H,7H2,1H3,(H,21,22)(H2,17,18,19,23). The Morgan fingerprint density at radius 2 is 2.14 bits per heavy atom. The number of carbonyl (C=O) groups is 2. The Balaban J connectivity index is 1.90. The molecule has 0 fully saturated rings. The number of benzene rings is 1. The fraction of sp³-hybridized carbons (Fsp3) is 0.133. The number of carboxylic acids is 1. The first kappa shape index (κ1) is 20.1. The zero-order valence-electron chi connectivity index (χ0n) is 14.2. The lowest BCUT2D eigenvalue weighted by molar-refractivity contribution is -0.139. The van der Waals surface area contributed by atoms with E-state index in [0.717, 1.165) is 11.3 Å². The summed E-state index contributed by atoms with van der Waals surface area (Å²) in [7, 11) is -2.63. The summed E-state index contributed by atoms with van der Waals surface area (Å²) in [6.07, 6.45) is 2.78. The van der Waals surface area contributed by atoms with Gasteiger partial charge in [-0.3, -0.25) is 5.32 Å². The van der Waals surface area contributed by atoms with Crippen molar-refractivity contribution in [2.45, 2.75) is 4.90 Å². The van der Waals surface area contributed by atoms with E-state index < -0.39 is 28.6 Å². The minimum atomic E-state index is -4.22. The minimum absolute atomic E-state index is 0.152. The smallest absolute Gasteiger partial charge is 0.341 e. The van der Waals surface area contributed by atoms with E-state index in [9.17, 15) is 18.0 Å². The molecule has 0 bridgehead atoms. The van der Waals surface area contributed by atoms with Crippen molar-refractivity contribution >= 4 is 65.3 Å². The first-order valence-corrected chi connectivity index (χ1v) is 10.6. The number of hydrogen-bond donors (Lipinski definition) is 3. The van der Waals surface area contributed by atoms with E-state index in [0.29, 0.717) is 9.30 Å². The summed E-state index contributed by atoms with van der Waals surface area (Å²) in [5.74, 6) is -0.952. The summed E-state index contributed by atoms with van der Waals surface area (Å²) in [6.45, 7) is -0.573. The lowest BCUT2D eigenvalue weighted by Gasteiger charge is -2.07. The van der Waals surface area contributed by atoms with Crippen LogP contribution in [-0.2, 0) is 21.9 Å². The van der Waals surface area contributed by atoms with Gasteiger partial charge in [0, 0.05) is 18.6 Å². The maximum Gasteiger partial charge on any atom is 0.341 e. The first-order chi connectivity index (χ1) is 13.2. The summed E-state index contributed by atoms with van der Waals surface area (Å²) >= 11 is 4.32. The summed E-state index contributed by atoms with van der Waals surface area (Å²) < 4.78 is 34.7. The predicted octanol–water partition coefficient (Wildman–Crippen LogP) is 2.37. The molecule has 0 saturated heterocycles. The van der Waals surface area contributed by atoms with Crippen molar-refractivity contribution in [2.75, 3.05) is 11.9 Å². The molecule has 148 valence electrons. The Morgan fingerprint density at radius 3 is 2.79 bits per heavy atom. The number of urea groups is 1. The van der Waals surface area contributed by atoms with Crippen LogP contribution in [0.1, 0.15) is 0 Å². The third-order valence-electron chi connectivity index (χ3n) is 3.49. The van der Waals surface area contributed by atoms with Crippen molar-refractivity contribution in [3.05, 3.63) is 34.4 Å². The highest BCUT2D eigenvalue weighted by molar-refractivity contribution is 9.11. The van der Waals surface area contributed by atoms with E-state index in [1.165, 1.54) is 35.2 Å². The fourth-order valence-corrected chi connectivity index (χ4v) is 4.73. The van der Waals surface area contributed by atoms with Crippen LogP contribution in [0.15, 0.2) is 39.3 Å². The number of rotatable bonds is 6. The Kier molecular flexibility index (Phi) is 5.58. The Bertz CT molecular complexity index is 1170. The number of carbonyl (C=O) groups excluding carboxylic acids is 1. The highest BCUT2D eigenvalue weighted by Crippen LogP contribution is 2.32. The van der Waals surface area contributed by atoms with E-state index >= 15 is 0 Å². The van der Waals surface area contributed by atoms with Gasteiger partial charge >= 0.3 is 12.0 Å². The molecule has 10 nitrogen and oxygen atoms in total. The van der Waals surface area contributed by atoms with Gasteiger partial charge in [-0.2, -0.15) is 0 Å². The van der Waals surface area contributed by atoms with Crippen LogP contribution >= 0.6 is 27.3 Å². The molecule has 2 heterocycles. The molecular weight excluding hydrogens is 476 g/mol. The maximum absolute atomic E-state index is 12.7. The van der Waals surface area contributed by atoms with Crippen LogP contribution in [0.2, 0.25) is 0 Å². The summed E-state index contributed by atoms with van der Waals surface area (Å²) in [5.41, 5.74) is 0.383. The number of carboxylic acid groups (broad SMARTS) is 1. The van der Waals surface area contributed by atoms with Crippen molar-refractivity contribution in [2.24, 2.45) is 7.05 Å². The Hall–Kier alpha value is -2.64. The molecular formula is C15H13BrN4O6S2. The highest BCUT2D eigenvalue weighted by atomic mass is 79.9. The van der Waals surface area contributed by atoms with Gasteiger partial charge in [0.2, 0.25) is 0 Å². The van der Waals surface area contributed by atoms with Crippen LogP contribution in [0.4, 0.5) is 9.93 Å². The number of aromatic nitrogens is 2. The SMILES string of the molecule is Cn1cc(S(=O)(=O)NC(=O)Nc2ncc(Br)s2)c2cccc(OCC(=O)O)c21. The van der Waals surface area contributed by atoms with Gasteiger partial charge in [0.25, 0.3) is 10.0 Å². The Morgan fingerprint density at radius 1 is 1.39 bits per heavy atom. The molecule has 3 N–H and O–H groups in total. The number of fused-ring (bicyclic) bond motifs is 1.